The smallest absolute Gasteiger partial charge is 0.265 e. The van der Waals surface area contributed by atoms with E-state index in [1.54, 1.807) is 24.3 Å². The third kappa shape index (κ3) is 4.38. The molecule has 10 heteroatoms. The first kappa shape index (κ1) is 21.9. The van der Waals surface area contributed by atoms with Gasteiger partial charge in [-0.1, -0.05) is 6.07 Å². The van der Waals surface area contributed by atoms with E-state index in [1.807, 2.05) is 0 Å². The number of carbonyl (C=O) groups is 3. The summed E-state index contributed by atoms with van der Waals surface area (Å²) < 4.78 is 20.9. The van der Waals surface area contributed by atoms with Gasteiger partial charge in [0.2, 0.25) is 11.7 Å². The number of hydrazine groups is 1. The lowest BCUT2D eigenvalue weighted by Crippen LogP contribution is -2.48. The monoisotopic (exact) mass is 429 g/mol. The van der Waals surface area contributed by atoms with Crippen LogP contribution in [-0.2, 0) is 9.59 Å². The molecule has 0 bridgehead atoms. The normalized spacial score (nSPS) is 15.6. The lowest BCUT2D eigenvalue weighted by Gasteiger charge is -2.17. The lowest BCUT2D eigenvalue weighted by atomic mass is 10.1. The molecule has 0 unspecified atom stereocenters. The van der Waals surface area contributed by atoms with Gasteiger partial charge in [-0.25, -0.2) is 10.3 Å². The van der Waals surface area contributed by atoms with Crippen LogP contribution in [-0.4, -0.2) is 52.2 Å². The zero-order chi connectivity index (χ0) is 22.5. The lowest BCUT2D eigenvalue weighted by molar-refractivity contribution is -0.121. The standard InChI is InChI=1S/C21H23N3O7/c1-28-14-7-5-6-13(10-14)24-18(25)11-15(21(24)27)22-23-20(26)12-8-16(29-2)19(31-4)17(9-12)30-3/h5-10,15,22H,11H2,1-4H3,(H,23,26)/t15-/m1/s1. The number of hydrogen-bond acceptors (Lipinski definition) is 8. The second-order valence-electron chi connectivity index (χ2n) is 6.54. The summed E-state index contributed by atoms with van der Waals surface area (Å²) in [5.74, 6) is 0.0671. The number of anilines is 1. The van der Waals surface area contributed by atoms with Gasteiger partial charge in [0.1, 0.15) is 11.8 Å². The van der Waals surface area contributed by atoms with Crippen LogP contribution >= 0.6 is 0 Å². The number of benzene rings is 2. The van der Waals surface area contributed by atoms with E-state index < -0.39 is 23.8 Å². The molecule has 0 saturated carbocycles. The van der Waals surface area contributed by atoms with Crippen molar-refractivity contribution in [1.82, 2.24) is 10.9 Å². The number of amides is 3. The van der Waals surface area contributed by atoms with E-state index in [0.29, 0.717) is 28.7 Å². The highest BCUT2D eigenvalue weighted by Gasteiger charge is 2.40. The van der Waals surface area contributed by atoms with E-state index in [-0.39, 0.29) is 12.0 Å². The molecule has 1 aliphatic rings. The summed E-state index contributed by atoms with van der Waals surface area (Å²) in [7, 11) is 5.83. The molecule has 2 aromatic rings. The van der Waals surface area contributed by atoms with Crippen molar-refractivity contribution in [2.75, 3.05) is 33.3 Å². The highest BCUT2D eigenvalue weighted by molar-refractivity contribution is 6.22. The SMILES string of the molecule is COc1cccc(N2C(=O)C[C@@H](NNC(=O)c3cc(OC)c(OC)c(OC)c3)C2=O)c1. The fourth-order valence-corrected chi connectivity index (χ4v) is 3.20. The Morgan fingerprint density at radius 3 is 2.23 bits per heavy atom. The van der Waals surface area contributed by atoms with Crippen LogP contribution in [0.25, 0.3) is 0 Å². The molecule has 31 heavy (non-hydrogen) atoms. The fourth-order valence-electron chi connectivity index (χ4n) is 3.20. The second-order valence-corrected chi connectivity index (χ2v) is 6.54. The van der Waals surface area contributed by atoms with Gasteiger partial charge in [-0.3, -0.25) is 19.8 Å². The molecule has 1 aliphatic heterocycles. The molecular weight excluding hydrogens is 406 g/mol. The van der Waals surface area contributed by atoms with Crippen molar-refractivity contribution in [3.8, 4) is 23.0 Å². The van der Waals surface area contributed by atoms with Gasteiger partial charge in [0.05, 0.1) is 40.5 Å². The first-order valence-electron chi connectivity index (χ1n) is 9.30. The Labute approximate surface area is 179 Å². The maximum absolute atomic E-state index is 12.7. The summed E-state index contributed by atoms with van der Waals surface area (Å²) in [6.07, 6.45) is -0.106. The number of nitrogens with one attached hydrogen (secondary N) is 2. The van der Waals surface area contributed by atoms with Gasteiger partial charge in [-0.2, -0.15) is 0 Å². The Bertz CT molecular complexity index is 983. The van der Waals surface area contributed by atoms with E-state index in [2.05, 4.69) is 10.9 Å². The highest BCUT2D eigenvalue weighted by Crippen LogP contribution is 2.38. The maximum atomic E-state index is 12.7. The Morgan fingerprint density at radius 2 is 1.65 bits per heavy atom. The third-order valence-electron chi connectivity index (χ3n) is 4.74. The van der Waals surface area contributed by atoms with E-state index >= 15 is 0 Å². The number of ether oxygens (including phenoxy) is 4. The first-order chi connectivity index (χ1) is 14.9. The molecule has 0 aliphatic carbocycles. The minimum absolute atomic E-state index is 0.106. The van der Waals surface area contributed by atoms with Crippen LogP contribution in [0.4, 0.5) is 5.69 Å². The Kier molecular flexibility index (Phi) is 6.61. The largest absolute Gasteiger partial charge is 0.497 e. The van der Waals surface area contributed by atoms with Crippen LogP contribution in [0.5, 0.6) is 23.0 Å². The van der Waals surface area contributed by atoms with Crippen molar-refractivity contribution in [1.29, 1.82) is 0 Å². The summed E-state index contributed by atoms with van der Waals surface area (Å²) >= 11 is 0. The molecule has 2 N–H and O–H groups in total. The molecule has 164 valence electrons. The Balaban J connectivity index is 1.72. The average molecular weight is 429 g/mol. The summed E-state index contributed by atoms with van der Waals surface area (Å²) in [5, 5.41) is 0. The van der Waals surface area contributed by atoms with Crippen molar-refractivity contribution in [3.05, 3.63) is 42.0 Å². The number of carbonyl (C=O) groups excluding carboxylic acids is 3. The second kappa shape index (κ2) is 9.35. The molecular formula is C21H23N3O7. The predicted molar refractivity (Wildman–Crippen MR) is 111 cm³/mol. The van der Waals surface area contributed by atoms with Crippen LogP contribution in [0.15, 0.2) is 36.4 Å². The molecule has 3 rings (SSSR count). The summed E-state index contributed by atoms with van der Waals surface area (Å²) in [6.45, 7) is 0. The van der Waals surface area contributed by atoms with Gasteiger partial charge < -0.3 is 18.9 Å². The van der Waals surface area contributed by atoms with Crippen LogP contribution in [0.2, 0.25) is 0 Å². The number of hydrogen-bond donors (Lipinski definition) is 2. The summed E-state index contributed by atoms with van der Waals surface area (Å²) in [6, 6.07) is 8.65. The van der Waals surface area contributed by atoms with Gasteiger partial charge in [-0.15, -0.1) is 0 Å². The Hall–Kier alpha value is -3.79. The van der Waals surface area contributed by atoms with Crippen molar-refractivity contribution in [2.45, 2.75) is 12.5 Å². The topological polar surface area (TPSA) is 115 Å². The van der Waals surface area contributed by atoms with Crippen LogP contribution in [0, 0.1) is 0 Å². The van der Waals surface area contributed by atoms with Gasteiger partial charge in [0.25, 0.3) is 11.8 Å². The first-order valence-corrected chi connectivity index (χ1v) is 9.30. The van der Waals surface area contributed by atoms with E-state index in [4.69, 9.17) is 18.9 Å². The van der Waals surface area contributed by atoms with Gasteiger partial charge in [-0.05, 0) is 24.3 Å². The minimum Gasteiger partial charge on any atom is -0.497 e. The predicted octanol–water partition coefficient (Wildman–Crippen LogP) is 1.29. The molecule has 0 radical (unpaired) electrons. The highest BCUT2D eigenvalue weighted by atomic mass is 16.5. The van der Waals surface area contributed by atoms with E-state index in [1.165, 1.54) is 40.6 Å². The number of imide groups is 1. The van der Waals surface area contributed by atoms with Gasteiger partial charge >= 0.3 is 0 Å². The van der Waals surface area contributed by atoms with Crippen molar-refractivity contribution >= 4 is 23.4 Å². The molecule has 1 saturated heterocycles. The van der Waals surface area contributed by atoms with Crippen molar-refractivity contribution in [2.24, 2.45) is 0 Å². The maximum Gasteiger partial charge on any atom is 0.265 e. The molecule has 10 nitrogen and oxygen atoms in total. The number of methoxy groups -OCH3 is 4. The molecule has 0 aromatic heterocycles. The van der Waals surface area contributed by atoms with Crippen LogP contribution in [0.3, 0.4) is 0 Å². The average Bonchev–Trinajstić information content (AvgIpc) is 3.08. The van der Waals surface area contributed by atoms with Gasteiger partial charge in [0, 0.05) is 11.6 Å². The summed E-state index contributed by atoms with van der Waals surface area (Å²) in [4.78, 5) is 38.8. The minimum atomic E-state index is -0.912. The molecule has 1 heterocycles. The Morgan fingerprint density at radius 1 is 0.968 bits per heavy atom. The molecule has 2 aromatic carbocycles. The molecule has 1 fully saturated rings. The third-order valence-corrected chi connectivity index (χ3v) is 4.74. The fraction of sp³-hybridized carbons (Fsp3) is 0.286. The molecule has 3 amide bonds. The van der Waals surface area contributed by atoms with E-state index in [9.17, 15) is 14.4 Å². The number of rotatable bonds is 8. The molecule has 0 spiro atoms. The van der Waals surface area contributed by atoms with E-state index in [0.717, 1.165) is 4.90 Å². The number of nitrogens with zero attached hydrogens (tertiary/aromatic N) is 1. The zero-order valence-corrected chi connectivity index (χ0v) is 17.6. The summed E-state index contributed by atoms with van der Waals surface area (Å²) in [5.41, 5.74) is 5.71. The van der Waals surface area contributed by atoms with Crippen LogP contribution in [0.1, 0.15) is 16.8 Å². The van der Waals surface area contributed by atoms with Crippen molar-refractivity contribution < 1.29 is 33.3 Å². The quantitative estimate of drug-likeness (QED) is 0.477. The van der Waals surface area contributed by atoms with Gasteiger partial charge in [0.15, 0.2) is 11.5 Å². The van der Waals surface area contributed by atoms with Crippen molar-refractivity contribution in [3.63, 3.8) is 0 Å². The van der Waals surface area contributed by atoms with Crippen LogP contribution < -0.4 is 34.7 Å². The molecule has 1 atom stereocenters. The zero-order valence-electron chi connectivity index (χ0n) is 17.6.